The Bertz CT molecular complexity index is 1490. The largest absolute Gasteiger partial charge is 0.464 e. The second-order valence-corrected chi connectivity index (χ2v) is 9.04. The van der Waals surface area contributed by atoms with Crippen molar-refractivity contribution < 1.29 is 32.2 Å². The third kappa shape index (κ3) is 6.78. The molecule has 4 rings (SSSR count). The third-order valence-electron chi connectivity index (χ3n) is 6.30. The zero-order valence-corrected chi connectivity index (χ0v) is 22.0. The highest BCUT2D eigenvalue weighted by Crippen LogP contribution is 2.33. The summed E-state index contributed by atoms with van der Waals surface area (Å²) in [5, 5.41) is 6.42. The molecule has 11 heteroatoms. The first-order valence-electron chi connectivity index (χ1n) is 12.5. The number of esters is 1. The molecule has 40 heavy (non-hydrogen) atoms. The smallest absolute Gasteiger partial charge is 0.416 e. The minimum absolute atomic E-state index is 0.101. The molecule has 0 bridgehead atoms. The van der Waals surface area contributed by atoms with Gasteiger partial charge in [0, 0.05) is 32.0 Å². The average molecular weight is 555 g/mol. The van der Waals surface area contributed by atoms with E-state index in [0.717, 1.165) is 17.7 Å². The lowest BCUT2D eigenvalue weighted by atomic mass is 10.1. The molecular formula is C29H29F3N4O4. The Balaban J connectivity index is 1.66. The molecule has 2 N–H and O–H groups in total. The van der Waals surface area contributed by atoms with Gasteiger partial charge in [-0.3, -0.25) is 4.79 Å². The Labute approximate surface area is 229 Å². The van der Waals surface area contributed by atoms with E-state index in [4.69, 9.17) is 9.47 Å². The topological polar surface area (TPSA) is 94.5 Å². The monoisotopic (exact) mass is 554 g/mol. The van der Waals surface area contributed by atoms with Crippen molar-refractivity contribution in [3.8, 4) is 0 Å². The van der Waals surface area contributed by atoms with Crippen LogP contribution in [0.5, 0.6) is 0 Å². The summed E-state index contributed by atoms with van der Waals surface area (Å²) in [4.78, 5) is 30.4. The lowest BCUT2D eigenvalue weighted by Crippen LogP contribution is -2.18. The molecule has 0 saturated carbocycles. The lowest BCUT2D eigenvalue weighted by Gasteiger charge is -2.11. The molecule has 8 nitrogen and oxygen atoms in total. The first kappa shape index (κ1) is 28.6. The van der Waals surface area contributed by atoms with Gasteiger partial charge in [0.15, 0.2) is 5.69 Å². The first-order valence-corrected chi connectivity index (χ1v) is 12.5. The van der Waals surface area contributed by atoms with Crippen molar-refractivity contribution >= 4 is 34.3 Å². The number of carbonyl (C=O) groups is 2. The van der Waals surface area contributed by atoms with Gasteiger partial charge in [0.2, 0.25) is 5.91 Å². The Morgan fingerprint density at radius 1 is 1.00 bits per heavy atom. The van der Waals surface area contributed by atoms with Gasteiger partial charge < -0.3 is 24.7 Å². The highest BCUT2D eigenvalue weighted by molar-refractivity contribution is 6.11. The number of aromatic nitrogens is 2. The number of hydrogen-bond acceptors (Lipinski definition) is 6. The molecule has 210 valence electrons. The summed E-state index contributed by atoms with van der Waals surface area (Å²) in [6.07, 6.45) is -2.25. The maximum atomic E-state index is 13.1. The fraction of sp³-hybridized carbons (Fsp3) is 0.276. The fourth-order valence-electron chi connectivity index (χ4n) is 4.32. The second-order valence-electron chi connectivity index (χ2n) is 9.04. The number of amides is 1. The zero-order chi connectivity index (χ0) is 28.7. The van der Waals surface area contributed by atoms with Crippen LogP contribution in [0.1, 0.15) is 33.6 Å². The number of aryl methyl sites for hydroxylation is 1. The molecule has 2 aromatic heterocycles. The van der Waals surface area contributed by atoms with Crippen LogP contribution in [-0.2, 0) is 40.0 Å². The molecule has 2 heterocycles. The maximum Gasteiger partial charge on any atom is 0.416 e. The van der Waals surface area contributed by atoms with Gasteiger partial charge in [-0.05, 0) is 35.7 Å². The summed E-state index contributed by atoms with van der Waals surface area (Å²) in [6, 6.07) is 16.3. The number of halogens is 3. The van der Waals surface area contributed by atoms with Gasteiger partial charge >= 0.3 is 12.1 Å². The summed E-state index contributed by atoms with van der Waals surface area (Å²) in [6.45, 7) is 0.637. The Kier molecular flexibility index (Phi) is 9.05. The molecule has 0 aliphatic rings. The molecule has 0 unspecified atom stereocenters. The number of rotatable bonds is 11. The van der Waals surface area contributed by atoms with Crippen LogP contribution in [0.15, 0.2) is 66.9 Å². The Morgan fingerprint density at radius 2 is 1.75 bits per heavy atom. The third-order valence-corrected chi connectivity index (χ3v) is 6.30. The van der Waals surface area contributed by atoms with E-state index in [2.05, 4.69) is 15.6 Å². The quantitative estimate of drug-likeness (QED) is 0.232. The molecule has 0 radical (unpaired) electrons. The highest BCUT2D eigenvalue weighted by Gasteiger charge is 2.30. The lowest BCUT2D eigenvalue weighted by molar-refractivity contribution is -0.137. The summed E-state index contributed by atoms with van der Waals surface area (Å²) in [7, 11) is 2.77. The summed E-state index contributed by atoms with van der Waals surface area (Å²) in [5.74, 6) is -0.965. The van der Waals surface area contributed by atoms with Crippen LogP contribution in [0, 0.1) is 0 Å². The minimum Gasteiger partial charge on any atom is -0.464 e. The molecule has 4 aromatic rings. The number of methoxy groups -OCH3 is 2. The van der Waals surface area contributed by atoms with Gasteiger partial charge in [-0.15, -0.1) is 0 Å². The summed E-state index contributed by atoms with van der Waals surface area (Å²) >= 11 is 0. The molecule has 0 atom stereocenters. The predicted molar refractivity (Wildman–Crippen MR) is 145 cm³/mol. The molecule has 0 saturated heterocycles. The van der Waals surface area contributed by atoms with Crippen LogP contribution in [0.25, 0.3) is 11.0 Å². The van der Waals surface area contributed by atoms with Gasteiger partial charge in [-0.2, -0.15) is 13.2 Å². The van der Waals surface area contributed by atoms with E-state index in [1.54, 1.807) is 16.7 Å². The number of alkyl halides is 3. The molecule has 1 amide bonds. The van der Waals surface area contributed by atoms with Crippen molar-refractivity contribution in [2.45, 2.75) is 32.1 Å². The fourth-order valence-corrected chi connectivity index (χ4v) is 4.32. The Morgan fingerprint density at radius 3 is 2.45 bits per heavy atom. The second kappa shape index (κ2) is 12.6. The number of carbonyl (C=O) groups excluding carboxylic acids is 2. The standard InChI is InChI=1S/C29H29F3N4O4/c1-39-14-13-36-26(28(38)40-2)25(35-24(37)12-11-19-7-4-3-5-8-19)23-16-22(18-34-27(23)36)33-17-20-9-6-10-21(15-20)29(30,31)32/h3-10,15-16,18,33H,11-14,17H2,1-2H3,(H,35,37). The predicted octanol–water partition coefficient (Wildman–Crippen LogP) is 5.67. The molecule has 0 fully saturated rings. The summed E-state index contributed by atoms with van der Waals surface area (Å²) < 4.78 is 51.2. The average Bonchev–Trinajstić information content (AvgIpc) is 3.25. The van der Waals surface area contributed by atoms with Gasteiger partial charge in [0.05, 0.1) is 36.9 Å². The van der Waals surface area contributed by atoms with Crippen molar-refractivity contribution in [1.82, 2.24) is 9.55 Å². The first-order chi connectivity index (χ1) is 19.2. The van der Waals surface area contributed by atoms with E-state index in [1.807, 2.05) is 30.3 Å². The number of nitrogens with one attached hydrogen (secondary N) is 2. The van der Waals surface area contributed by atoms with Crippen LogP contribution in [0.4, 0.5) is 24.5 Å². The van der Waals surface area contributed by atoms with E-state index in [1.165, 1.54) is 26.5 Å². The van der Waals surface area contributed by atoms with E-state index in [-0.39, 0.29) is 43.4 Å². The number of pyridine rings is 1. The van der Waals surface area contributed by atoms with Crippen LogP contribution < -0.4 is 10.6 Å². The molecule has 2 aromatic carbocycles. The number of ether oxygens (including phenoxy) is 2. The van der Waals surface area contributed by atoms with Gasteiger partial charge in [-0.25, -0.2) is 9.78 Å². The molecule has 0 aliphatic carbocycles. The van der Waals surface area contributed by atoms with Crippen molar-refractivity contribution in [2.24, 2.45) is 0 Å². The molecular weight excluding hydrogens is 525 g/mol. The molecule has 0 aliphatic heterocycles. The zero-order valence-electron chi connectivity index (χ0n) is 22.0. The van der Waals surface area contributed by atoms with Gasteiger partial charge in [0.25, 0.3) is 0 Å². The van der Waals surface area contributed by atoms with Crippen LogP contribution in [0.2, 0.25) is 0 Å². The SMILES string of the molecule is COCCn1c(C(=O)OC)c(NC(=O)CCc2ccccc2)c2cc(NCc3cccc(C(F)(F)F)c3)cnc21. The van der Waals surface area contributed by atoms with E-state index >= 15 is 0 Å². The van der Waals surface area contributed by atoms with E-state index in [9.17, 15) is 22.8 Å². The van der Waals surface area contributed by atoms with Crippen molar-refractivity contribution in [3.05, 3.63) is 89.2 Å². The van der Waals surface area contributed by atoms with Crippen LogP contribution in [-0.4, -0.2) is 42.3 Å². The number of benzene rings is 2. The number of anilines is 2. The van der Waals surface area contributed by atoms with Crippen LogP contribution >= 0.6 is 0 Å². The van der Waals surface area contributed by atoms with Crippen molar-refractivity contribution in [1.29, 1.82) is 0 Å². The van der Waals surface area contributed by atoms with E-state index in [0.29, 0.717) is 28.7 Å². The minimum atomic E-state index is -4.44. The number of hydrogen-bond donors (Lipinski definition) is 2. The molecule has 0 spiro atoms. The van der Waals surface area contributed by atoms with Gasteiger partial charge in [0.1, 0.15) is 5.65 Å². The van der Waals surface area contributed by atoms with Crippen molar-refractivity contribution in [2.75, 3.05) is 31.5 Å². The number of nitrogens with zero attached hydrogens (tertiary/aromatic N) is 2. The highest BCUT2D eigenvalue weighted by atomic mass is 19.4. The maximum absolute atomic E-state index is 13.1. The normalized spacial score (nSPS) is 11.4. The van der Waals surface area contributed by atoms with E-state index < -0.39 is 17.7 Å². The number of fused-ring (bicyclic) bond motifs is 1. The van der Waals surface area contributed by atoms with Gasteiger partial charge in [-0.1, -0.05) is 42.5 Å². The van der Waals surface area contributed by atoms with Crippen LogP contribution in [0.3, 0.4) is 0 Å². The van der Waals surface area contributed by atoms with Crippen molar-refractivity contribution in [3.63, 3.8) is 0 Å². The Hall–Kier alpha value is -4.38. The summed E-state index contributed by atoms with van der Waals surface area (Å²) in [5.41, 5.74) is 1.95.